The number of carbonyl (C=O) groups excluding carboxylic acids is 3. The van der Waals surface area contributed by atoms with Crippen LogP contribution in [0.15, 0.2) is 30.3 Å². The third-order valence-corrected chi connectivity index (χ3v) is 6.26. The summed E-state index contributed by atoms with van der Waals surface area (Å²) in [6.45, 7) is 5.43. The standard InChI is InChI=1S/C22H30N4O3/c1-16(2)20(28)24-12-10-22(11-13-24)21(29)25(14-19(27)23-17-8-9-17)15-26(22)18-6-4-3-5-7-18/h3-7,16-17H,8-15H2,1-2H3,(H,23,27). The summed E-state index contributed by atoms with van der Waals surface area (Å²) in [6.07, 6.45) is 3.22. The molecule has 0 atom stereocenters. The molecule has 0 radical (unpaired) electrons. The van der Waals surface area contributed by atoms with Crippen molar-refractivity contribution in [3.63, 3.8) is 0 Å². The molecule has 2 heterocycles. The van der Waals surface area contributed by atoms with Crippen LogP contribution < -0.4 is 10.2 Å². The molecule has 3 amide bonds. The van der Waals surface area contributed by atoms with E-state index in [1.165, 1.54) is 0 Å². The Bertz CT molecular complexity index is 783. The van der Waals surface area contributed by atoms with E-state index < -0.39 is 5.54 Å². The second-order valence-electron chi connectivity index (χ2n) is 8.76. The van der Waals surface area contributed by atoms with Crippen molar-refractivity contribution < 1.29 is 14.4 Å². The zero-order chi connectivity index (χ0) is 20.6. The van der Waals surface area contributed by atoms with E-state index in [2.05, 4.69) is 10.2 Å². The van der Waals surface area contributed by atoms with E-state index in [-0.39, 0.29) is 36.2 Å². The first-order valence-corrected chi connectivity index (χ1v) is 10.6. The van der Waals surface area contributed by atoms with Crippen LogP contribution in [0.1, 0.15) is 39.5 Å². The number of nitrogens with one attached hydrogen (secondary N) is 1. The number of amides is 3. The van der Waals surface area contributed by atoms with Gasteiger partial charge >= 0.3 is 0 Å². The molecule has 1 aliphatic carbocycles. The predicted octanol–water partition coefficient (Wildman–Crippen LogP) is 1.59. The van der Waals surface area contributed by atoms with Gasteiger partial charge in [0.15, 0.2) is 0 Å². The van der Waals surface area contributed by atoms with Crippen LogP contribution in [0.4, 0.5) is 5.69 Å². The number of nitrogens with zero attached hydrogens (tertiary/aromatic N) is 3. The molecule has 7 nitrogen and oxygen atoms in total. The van der Waals surface area contributed by atoms with Gasteiger partial charge in [-0.15, -0.1) is 0 Å². The molecule has 1 aromatic rings. The lowest BCUT2D eigenvalue weighted by molar-refractivity contribution is -0.141. The van der Waals surface area contributed by atoms with Gasteiger partial charge in [0.2, 0.25) is 11.8 Å². The molecule has 1 spiro atoms. The van der Waals surface area contributed by atoms with Gasteiger partial charge in [-0.1, -0.05) is 32.0 Å². The summed E-state index contributed by atoms with van der Waals surface area (Å²) in [5, 5.41) is 2.98. The van der Waals surface area contributed by atoms with Gasteiger partial charge < -0.3 is 20.0 Å². The number of carbonyl (C=O) groups is 3. The first-order chi connectivity index (χ1) is 13.9. The van der Waals surface area contributed by atoms with Crippen LogP contribution in [0.25, 0.3) is 0 Å². The summed E-state index contributed by atoms with van der Waals surface area (Å²) >= 11 is 0. The minimum atomic E-state index is -0.686. The minimum absolute atomic E-state index is 0.00365. The average Bonchev–Trinajstić information content (AvgIpc) is 3.50. The maximum absolute atomic E-state index is 13.5. The van der Waals surface area contributed by atoms with Crippen LogP contribution in [0.5, 0.6) is 0 Å². The number of rotatable bonds is 5. The monoisotopic (exact) mass is 398 g/mol. The number of likely N-dealkylation sites (tertiary alicyclic amines) is 1. The Balaban J connectivity index is 1.54. The molecule has 29 heavy (non-hydrogen) atoms. The van der Waals surface area contributed by atoms with Gasteiger partial charge in [-0.3, -0.25) is 14.4 Å². The Morgan fingerprint density at radius 3 is 2.38 bits per heavy atom. The van der Waals surface area contributed by atoms with Gasteiger partial charge in [0.25, 0.3) is 5.91 Å². The van der Waals surface area contributed by atoms with Crippen LogP contribution in [0.2, 0.25) is 0 Å². The van der Waals surface area contributed by atoms with Crippen LogP contribution in [0.3, 0.4) is 0 Å². The molecule has 2 aliphatic heterocycles. The van der Waals surface area contributed by atoms with Gasteiger partial charge in [0.1, 0.15) is 12.1 Å². The Morgan fingerprint density at radius 2 is 1.79 bits per heavy atom. The van der Waals surface area contributed by atoms with E-state index >= 15 is 0 Å². The molecule has 1 aromatic carbocycles. The van der Waals surface area contributed by atoms with Gasteiger partial charge in [-0.05, 0) is 37.8 Å². The van der Waals surface area contributed by atoms with Crippen LogP contribution >= 0.6 is 0 Å². The van der Waals surface area contributed by atoms with Crippen molar-refractivity contribution in [3.05, 3.63) is 30.3 Å². The molecular weight excluding hydrogens is 368 g/mol. The zero-order valence-corrected chi connectivity index (χ0v) is 17.3. The zero-order valence-electron chi connectivity index (χ0n) is 17.3. The van der Waals surface area contributed by atoms with Crippen LogP contribution in [-0.2, 0) is 14.4 Å². The maximum Gasteiger partial charge on any atom is 0.250 e. The summed E-state index contributed by atoms with van der Waals surface area (Å²) < 4.78 is 0. The normalized spacial score (nSPS) is 21.2. The Hall–Kier alpha value is -2.57. The molecule has 1 saturated carbocycles. The largest absolute Gasteiger partial charge is 0.352 e. The molecular formula is C22H30N4O3. The van der Waals surface area contributed by atoms with E-state index in [9.17, 15) is 14.4 Å². The highest BCUT2D eigenvalue weighted by molar-refractivity contribution is 5.96. The summed E-state index contributed by atoms with van der Waals surface area (Å²) in [5.74, 6) is 0.00989. The van der Waals surface area contributed by atoms with Gasteiger partial charge in [0.05, 0.1) is 6.67 Å². The highest BCUT2D eigenvalue weighted by Gasteiger charge is 2.54. The lowest BCUT2D eigenvalue weighted by Gasteiger charge is -2.43. The highest BCUT2D eigenvalue weighted by atomic mass is 16.2. The first kappa shape index (κ1) is 19.7. The third kappa shape index (κ3) is 3.82. The number of hydrogen-bond donors (Lipinski definition) is 1. The quantitative estimate of drug-likeness (QED) is 0.818. The topological polar surface area (TPSA) is 73.0 Å². The summed E-state index contributed by atoms with van der Waals surface area (Å²) in [5.41, 5.74) is 0.296. The van der Waals surface area contributed by atoms with Gasteiger partial charge in [-0.25, -0.2) is 0 Å². The second-order valence-corrected chi connectivity index (χ2v) is 8.76. The molecule has 7 heteroatoms. The number of benzene rings is 1. The van der Waals surface area contributed by atoms with Crippen LogP contribution in [0, 0.1) is 5.92 Å². The molecule has 0 unspecified atom stereocenters. The minimum Gasteiger partial charge on any atom is -0.352 e. The molecule has 2 saturated heterocycles. The Labute approximate surface area is 172 Å². The number of piperidine rings is 1. The third-order valence-electron chi connectivity index (χ3n) is 6.26. The molecule has 0 aromatic heterocycles. The van der Waals surface area contributed by atoms with Crippen molar-refractivity contribution >= 4 is 23.4 Å². The van der Waals surface area contributed by atoms with Gasteiger partial charge in [-0.2, -0.15) is 0 Å². The fourth-order valence-corrected chi connectivity index (χ4v) is 4.46. The molecule has 156 valence electrons. The average molecular weight is 399 g/mol. The second kappa shape index (κ2) is 7.69. The summed E-state index contributed by atoms with van der Waals surface area (Å²) in [6, 6.07) is 10.2. The number of anilines is 1. The summed E-state index contributed by atoms with van der Waals surface area (Å²) in [4.78, 5) is 44.0. The SMILES string of the molecule is CC(C)C(=O)N1CCC2(CC1)C(=O)N(CC(=O)NC1CC1)CN2c1ccccc1. The maximum atomic E-state index is 13.5. The molecule has 3 aliphatic rings. The molecule has 4 rings (SSSR count). The van der Waals surface area contributed by atoms with Gasteiger partial charge in [0, 0.05) is 30.7 Å². The molecule has 3 fully saturated rings. The fourth-order valence-electron chi connectivity index (χ4n) is 4.46. The summed E-state index contributed by atoms with van der Waals surface area (Å²) in [7, 11) is 0. The number of para-hydroxylation sites is 1. The predicted molar refractivity (Wildman–Crippen MR) is 110 cm³/mol. The lowest BCUT2D eigenvalue weighted by atomic mass is 9.85. The molecule has 1 N–H and O–H groups in total. The van der Waals surface area contributed by atoms with E-state index in [1.807, 2.05) is 49.1 Å². The van der Waals surface area contributed by atoms with Crippen molar-refractivity contribution in [1.29, 1.82) is 0 Å². The fraction of sp³-hybridized carbons (Fsp3) is 0.591. The van der Waals surface area contributed by atoms with Crippen molar-refractivity contribution in [2.24, 2.45) is 5.92 Å². The highest BCUT2D eigenvalue weighted by Crippen LogP contribution is 2.39. The van der Waals surface area contributed by atoms with E-state index in [0.717, 1.165) is 18.5 Å². The first-order valence-electron chi connectivity index (χ1n) is 10.6. The van der Waals surface area contributed by atoms with Crippen LogP contribution in [-0.4, -0.2) is 65.4 Å². The Kier molecular flexibility index (Phi) is 5.23. The van der Waals surface area contributed by atoms with Crippen molar-refractivity contribution in [2.75, 3.05) is 31.2 Å². The van der Waals surface area contributed by atoms with E-state index in [4.69, 9.17) is 0 Å². The van der Waals surface area contributed by atoms with E-state index in [0.29, 0.717) is 32.6 Å². The lowest BCUT2D eigenvalue weighted by Crippen LogP contribution is -2.57. The van der Waals surface area contributed by atoms with Crippen molar-refractivity contribution in [3.8, 4) is 0 Å². The van der Waals surface area contributed by atoms with Crippen molar-refractivity contribution in [2.45, 2.75) is 51.1 Å². The van der Waals surface area contributed by atoms with Crippen molar-refractivity contribution in [1.82, 2.24) is 15.1 Å². The van der Waals surface area contributed by atoms with E-state index in [1.54, 1.807) is 4.90 Å². The molecule has 0 bridgehead atoms. The Morgan fingerprint density at radius 1 is 1.14 bits per heavy atom. The smallest absolute Gasteiger partial charge is 0.250 e. The number of hydrogen-bond acceptors (Lipinski definition) is 4.